The predicted molar refractivity (Wildman–Crippen MR) is 132 cm³/mol. The second kappa shape index (κ2) is 7.49. The molecule has 28 heavy (non-hydrogen) atoms. The van der Waals surface area contributed by atoms with E-state index in [1.807, 2.05) is 0 Å². The van der Waals surface area contributed by atoms with Gasteiger partial charge in [0.2, 0.25) is 0 Å². The van der Waals surface area contributed by atoms with Crippen LogP contribution in [0.3, 0.4) is 0 Å². The first-order chi connectivity index (χ1) is 13.1. The molecule has 2 aliphatic rings. The standard InChI is InChI=1S/2C10H8Br.C2H7Ge.2ClH.Zr/c2*1-7-5-8-3-2-4-10(11)9(8)6-7;1-3-2;;;/h2*2-6H,1H3;3H,1-2H3;2*1H;/q;;;;;+2/p-2. The molecule has 0 fully saturated rings. The maximum atomic E-state index is 8.04. The summed E-state index contributed by atoms with van der Waals surface area (Å²) in [7, 11) is 14.1. The first-order valence-electron chi connectivity index (χ1n) is 9.57. The topological polar surface area (TPSA) is 0 Å². The molecule has 0 bridgehead atoms. The Kier molecular flexibility index (Phi) is 5.91. The second-order valence-electron chi connectivity index (χ2n) is 8.51. The van der Waals surface area contributed by atoms with Gasteiger partial charge in [-0.3, -0.25) is 0 Å². The monoisotopic (exact) mass is 679 g/mol. The van der Waals surface area contributed by atoms with Crippen LogP contribution >= 0.6 is 48.9 Å². The molecule has 6 heteroatoms. The van der Waals surface area contributed by atoms with Gasteiger partial charge in [-0.15, -0.1) is 0 Å². The summed E-state index contributed by atoms with van der Waals surface area (Å²) in [6.45, 7) is 4.46. The van der Waals surface area contributed by atoms with E-state index < -0.39 is 24.4 Å². The molecule has 0 aromatic heterocycles. The first kappa shape index (κ1) is 22.1. The van der Waals surface area contributed by atoms with Crippen molar-refractivity contribution in [3.05, 3.63) is 78.7 Å². The van der Waals surface area contributed by atoms with Gasteiger partial charge in [0.25, 0.3) is 0 Å². The Bertz CT molecular complexity index is 981. The number of allylic oxidation sites excluding steroid dienone is 2. The number of hydrogen-bond donors (Lipinski definition) is 0. The van der Waals surface area contributed by atoms with Gasteiger partial charge in [-0.1, -0.05) is 0 Å². The fourth-order valence-corrected chi connectivity index (χ4v) is 53.6. The van der Waals surface area contributed by atoms with Crippen LogP contribution in [0.25, 0.3) is 12.2 Å². The minimum atomic E-state index is -4.36. The summed E-state index contributed by atoms with van der Waals surface area (Å²) in [6, 6.07) is 13.0. The fraction of sp³-hybridized carbons (Fsp3) is 0.273. The zero-order valence-corrected chi connectivity index (χ0v) is 25.9. The Balaban J connectivity index is 2.01. The van der Waals surface area contributed by atoms with Gasteiger partial charge >= 0.3 is 197 Å². The molecule has 0 N–H and O–H groups in total. The van der Waals surface area contributed by atoms with Gasteiger partial charge in [0.1, 0.15) is 0 Å². The van der Waals surface area contributed by atoms with Gasteiger partial charge in [-0.05, 0) is 0 Å². The van der Waals surface area contributed by atoms with Crippen molar-refractivity contribution in [1.82, 2.24) is 0 Å². The normalized spacial score (nSPS) is 22.4. The Morgan fingerprint density at radius 3 is 1.54 bits per heavy atom. The van der Waals surface area contributed by atoms with Crippen molar-refractivity contribution < 1.29 is 13.9 Å². The van der Waals surface area contributed by atoms with Crippen LogP contribution in [0.1, 0.15) is 43.4 Å². The van der Waals surface area contributed by atoms with Crippen molar-refractivity contribution in [2.24, 2.45) is 0 Å². The predicted octanol–water partition coefficient (Wildman–Crippen LogP) is 8.81. The Labute approximate surface area is 194 Å². The molecule has 0 spiro atoms. The molecule has 0 saturated carbocycles. The third-order valence-corrected chi connectivity index (χ3v) is 90.3. The molecule has 0 aliphatic heterocycles. The van der Waals surface area contributed by atoms with Gasteiger partial charge in [-0.2, -0.15) is 0 Å². The fourth-order valence-electron chi connectivity index (χ4n) is 5.33. The Morgan fingerprint density at radius 2 is 1.18 bits per heavy atom. The third-order valence-electron chi connectivity index (χ3n) is 6.66. The second-order valence-corrected chi connectivity index (χ2v) is 74.3. The van der Waals surface area contributed by atoms with Gasteiger partial charge in [0.15, 0.2) is 0 Å². The number of halogens is 4. The van der Waals surface area contributed by atoms with Gasteiger partial charge in [-0.25, -0.2) is 0 Å². The summed E-state index contributed by atoms with van der Waals surface area (Å²) in [6.07, 6.45) is 4.62. The van der Waals surface area contributed by atoms with E-state index in [4.69, 9.17) is 17.0 Å². The molecule has 2 atom stereocenters. The minimum absolute atomic E-state index is 0.190. The maximum absolute atomic E-state index is 8.04. The molecule has 0 heterocycles. The van der Waals surface area contributed by atoms with Crippen LogP contribution in [0.2, 0.25) is 11.5 Å². The van der Waals surface area contributed by atoms with Crippen molar-refractivity contribution in [2.75, 3.05) is 0 Å². The van der Waals surface area contributed by atoms with Crippen LogP contribution < -0.4 is 0 Å². The number of benzene rings is 2. The summed E-state index contributed by atoms with van der Waals surface area (Å²) in [5, 5.41) is 0. The van der Waals surface area contributed by atoms with Crippen molar-refractivity contribution in [1.29, 1.82) is 0 Å². The molecule has 0 amide bonds. The van der Waals surface area contributed by atoms with Crippen LogP contribution in [0.5, 0.6) is 0 Å². The molecule has 2 aliphatic carbocycles. The van der Waals surface area contributed by atoms with E-state index >= 15 is 0 Å². The summed E-state index contributed by atoms with van der Waals surface area (Å²) in [4.78, 5) is 0. The molecule has 2 aromatic carbocycles. The van der Waals surface area contributed by atoms with Crippen LogP contribution in [0.4, 0.5) is 0 Å². The Hall–Kier alpha value is 0.886. The van der Waals surface area contributed by atoms with Crippen molar-refractivity contribution in [3.8, 4) is 0 Å². The zero-order valence-electron chi connectivity index (χ0n) is 16.4. The third kappa shape index (κ3) is 3.05. The number of hydrogen-bond acceptors (Lipinski definition) is 0. The van der Waals surface area contributed by atoms with Crippen LogP contribution in [0, 0.1) is 0 Å². The van der Waals surface area contributed by atoms with Gasteiger partial charge in [0.05, 0.1) is 0 Å². The summed E-state index contributed by atoms with van der Waals surface area (Å²) in [5.74, 6) is 4.84. The van der Waals surface area contributed by atoms with E-state index in [2.05, 4.69) is 106 Å². The van der Waals surface area contributed by atoms with E-state index in [1.165, 1.54) is 33.4 Å². The van der Waals surface area contributed by atoms with Crippen LogP contribution in [0.15, 0.2) is 56.5 Å². The first-order valence-corrected chi connectivity index (χ1v) is 33.8. The quantitative estimate of drug-likeness (QED) is 0.284. The molecule has 0 radical (unpaired) electrons. The SMILES string of the molecule is CC1=Cc2c(Br)cccc2[CH]1[Zr]([Cl])([Cl])([CH]1C(C)=Cc2c(Br)cccc21)[GeH]([CH3])[CH3]. The van der Waals surface area contributed by atoms with Crippen LogP contribution in [-0.2, 0) is 13.9 Å². The van der Waals surface area contributed by atoms with Crippen molar-refractivity contribution in [2.45, 2.75) is 32.6 Å². The molecule has 4 rings (SSSR count). The van der Waals surface area contributed by atoms with Crippen molar-refractivity contribution in [3.63, 3.8) is 0 Å². The van der Waals surface area contributed by atoms with E-state index in [0.717, 1.165) is 8.95 Å². The average Bonchev–Trinajstić information content (AvgIpc) is 3.14. The molecule has 0 saturated heterocycles. The zero-order chi connectivity index (χ0) is 20.5. The number of fused-ring (bicyclic) bond motifs is 2. The molecular weight excluding hydrogens is 659 g/mol. The van der Waals surface area contributed by atoms with Gasteiger partial charge in [0, 0.05) is 0 Å². The van der Waals surface area contributed by atoms with Gasteiger partial charge < -0.3 is 0 Å². The van der Waals surface area contributed by atoms with E-state index in [9.17, 15) is 0 Å². The molecular formula is C22H23Br2Cl2GeZr. The summed E-state index contributed by atoms with van der Waals surface area (Å²) in [5.41, 5.74) is 7.88. The molecule has 147 valence electrons. The molecule has 0 nitrogen and oxygen atoms in total. The Morgan fingerprint density at radius 1 is 0.786 bits per heavy atom. The van der Waals surface area contributed by atoms with E-state index in [0.29, 0.717) is 0 Å². The van der Waals surface area contributed by atoms with Crippen molar-refractivity contribution >= 4 is 71.6 Å². The molecule has 2 unspecified atom stereocenters. The number of rotatable bonds is 3. The average molecular weight is 682 g/mol. The summed E-state index contributed by atoms with van der Waals surface area (Å²) >= 11 is 3.13. The van der Waals surface area contributed by atoms with E-state index in [-0.39, 0.29) is 7.25 Å². The van der Waals surface area contributed by atoms with E-state index in [1.54, 1.807) is 0 Å². The molecule has 2 aromatic rings. The van der Waals surface area contributed by atoms with Crippen LogP contribution in [-0.4, -0.2) is 10.6 Å². The summed E-state index contributed by atoms with van der Waals surface area (Å²) < 4.78 is 2.65.